The van der Waals surface area contributed by atoms with Gasteiger partial charge in [-0.25, -0.2) is 4.39 Å². The van der Waals surface area contributed by atoms with E-state index in [0.717, 1.165) is 19.3 Å². The summed E-state index contributed by atoms with van der Waals surface area (Å²) in [6.45, 7) is 3.04. The quantitative estimate of drug-likeness (QED) is 0.896. The van der Waals surface area contributed by atoms with Gasteiger partial charge in [0.2, 0.25) is 0 Å². The van der Waals surface area contributed by atoms with Crippen molar-refractivity contribution >= 4 is 5.97 Å². The number of hydrogen-bond donors (Lipinski definition) is 2. The van der Waals surface area contributed by atoms with Gasteiger partial charge in [0.25, 0.3) is 0 Å². The van der Waals surface area contributed by atoms with Crippen LogP contribution in [-0.2, 0) is 10.2 Å². The van der Waals surface area contributed by atoms with Crippen molar-refractivity contribution < 1.29 is 24.1 Å². The molecule has 4 nitrogen and oxygen atoms in total. The van der Waals surface area contributed by atoms with Gasteiger partial charge in [0, 0.05) is 11.1 Å². The van der Waals surface area contributed by atoms with E-state index < -0.39 is 17.2 Å². The molecular formula is C16H21FO4. The molecule has 0 aliphatic heterocycles. The lowest BCUT2D eigenvalue weighted by molar-refractivity contribution is -0.145. The second kappa shape index (κ2) is 5.54. The van der Waals surface area contributed by atoms with E-state index in [1.807, 2.05) is 0 Å². The van der Waals surface area contributed by atoms with Crippen molar-refractivity contribution in [3.8, 4) is 11.5 Å². The highest BCUT2D eigenvalue weighted by Gasteiger charge is 2.45. The van der Waals surface area contributed by atoms with Crippen molar-refractivity contribution in [3.05, 3.63) is 22.5 Å². The van der Waals surface area contributed by atoms with Gasteiger partial charge in [0.05, 0.1) is 12.5 Å². The fourth-order valence-electron chi connectivity index (χ4n) is 3.52. The van der Waals surface area contributed by atoms with Crippen molar-refractivity contribution in [2.24, 2.45) is 0 Å². The summed E-state index contributed by atoms with van der Waals surface area (Å²) >= 11 is 0. The molecular weight excluding hydrogens is 275 g/mol. The van der Waals surface area contributed by atoms with Crippen LogP contribution < -0.4 is 4.74 Å². The monoisotopic (exact) mass is 296 g/mol. The van der Waals surface area contributed by atoms with Crippen molar-refractivity contribution in [2.75, 3.05) is 7.11 Å². The standard InChI is InChI=1S/C16H21FO4/c1-9-11(13(18)14(21-3)10(2)12(9)17)16(15(19)20)7-5-4-6-8-16/h18H,4-8H2,1-3H3,(H,19,20). The first-order valence-corrected chi connectivity index (χ1v) is 7.16. The summed E-state index contributed by atoms with van der Waals surface area (Å²) < 4.78 is 19.5. The van der Waals surface area contributed by atoms with Gasteiger partial charge in [-0.05, 0) is 32.3 Å². The number of carboxylic acids is 1. The van der Waals surface area contributed by atoms with E-state index in [-0.39, 0.29) is 28.2 Å². The van der Waals surface area contributed by atoms with Gasteiger partial charge in [-0.15, -0.1) is 0 Å². The molecule has 0 amide bonds. The third-order valence-corrected chi connectivity index (χ3v) is 4.63. The average Bonchev–Trinajstić information content (AvgIpc) is 2.46. The number of carboxylic acid groups (broad SMARTS) is 1. The smallest absolute Gasteiger partial charge is 0.314 e. The fraction of sp³-hybridized carbons (Fsp3) is 0.562. The summed E-state index contributed by atoms with van der Waals surface area (Å²) in [7, 11) is 1.34. The number of rotatable bonds is 3. The van der Waals surface area contributed by atoms with Gasteiger partial charge < -0.3 is 14.9 Å². The maximum atomic E-state index is 14.4. The maximum Gasteiger partial charge on any atom is 0.314 e. The second-order valence-corrected chi connectivity index (χ2v) is 5.77. The first-order chi connectivity index (χ1) is 9.86. The third kappa shape index (κ3) is 2.24. The van der Waals surface area contributed by atoms with Crippen LogP contribution in [0.3, 0.4) is 0 Å². The molecule has 1 aliphatic carbocycles. The maximum absolute atomic E-state index is 14.4. The number of methoxy groups -OCH3 is 1. The number of halogens is 1. The molecule has 116 valence electrons. The molecule has 0 spiro atoms. The number of aliphatic carboxylic acids is 1. The van der Waals surface area contributed by atoms with E-state index in [4.69, 9.17) is 4.74 Å². The molecule has 5 heteroatoms. The molecule has 21 heavy (non-hydrogen) atoms. The molecule has 1 aromatic carbocycles. The lowest BCUT2D eigenvalue weighted by Gasteiger charge is -2.35. The van der Waals surface area contributed by atoms with Crippen molar-refractivity contribution in [2.45, 2.75) is 51.4 Å². The molecule has 2 N–H and O–H groups in total. The van der Waals surface area contributed by atoms with Crippen LogP contribution in [0, 0.1) is 19.7 Å². The van der Waals surface area contributed by atoms with E-state index in [9.17, 15) is 19.4 Å². The Balaban J connectivity index is 2.77. The van der Waals surface area contributed by atoms with Crippen LogP contribution in [0.2, 0.25) is 0 Å². The Morgan fingerprint density at radius 2 is 1.76 bits per heavy atom. The number of hydrogen-bond acceptors (Lipinski definition) is 3. The molecule has 1 aliphatic rings. The fourth-order valence-corrected chi connectivity index (χ4v) is 3.52. The molecule has 0 bridgehead atoms. The summed E-state index contributed by atoms with van der Waals surface area (Å²) in [5, 5.41) is 20.2. The number of ether oxygens (including phenoxy) is 1. The van der Waals surface area contributed by atoms with Gasteiger partial charge in [-0.3, -0.25) is 4.79 Å². The molecule has 0 saturated heterocycles. The van der Waals surface area contributed by atoms with Crippen molar-refractivity contribution in [1.82, 2.24) is 0 Å². The molecule has 0 aromatic heterocycles. The first kappa shape index (κ1) is 15.6. The Bertz CT molecular complexity index is 574. The highest BCUT2D eigenvalue weighted by molar-refractivity contribution is 5.84. The Hall–Kier alpha value is -1.78. The van der Waals surface area contributed by atoms with Crippen LogP contribution in [0.4, 0.5) is 4.39 Å². The number of phenols is 1. The Labute approximate surface area is 123 Å². The number of aromatic hydroxyl groups is 1. The van der Waals surface area contributed by atoms with E-state index in [1.54, 1.807) is 0 Å². The molecule has 0 heterocycles. The van der Waals surface area contributed by atoms with E-state index in [1.165, 1.54) is 21.0 Å². The van der Waals surface area contributed by atoms with Crippen LogP contribution in [0.5, 0.6) is 11.5 Å². The number of benzene rings is 1. The van der Waals surface area contributed by atoms with Crippen LogP contribution >= 0.6 is 0 Å². The number of carbonyl (C=O) groups is 1. The van der Waals surface area contributed by atoms with Gasteiger partial charge in [0.15, 0.2) is 11.5 Å². The van der Waals surface area contributed by atoms with Crippen LogP contribution in [0.25, 0.3) is 0 Å². The number of phenolic OH excluding ortho intramolecular Hbond substituents is 1. The zero-order valence-electron chi connectivity index (χ0n) is 12.6. The van der Waals surface area contributed by atoms with Crippen LogP contribution in [-0.4, -0.2) is 23.3 Å². The zero-order chi connectivity index (χ0) is 15.8. The molecule has 2 rings (SSSR count). The SMILES string of the molecule is COc1c(C)c(F)c(C)c(C2(C(=O)O)CCCCC2)c1O. The minimum atomic E-state index is -1.23. The van der Waals surface area contributed by atoms with Crippen molar-refractivity contribution in [3.63, 3.8) is 0 Å². The zero-order valence-corrected chi connectivity index (χ0v) is 12.6. The lowest BCUT2D eigenvalue weighted by atomic mass is 9.67. The summed E-state index contributed by atoms with van der Waals surface area (Å²) in [6.07, 6.45) is 3.27. The van der Waals surface area contributed by atoms with Crippen LogP contribution in [0.15, 0.2) is 0 Å². The topological polar surface area (TPSA) is 66.8 Å². The summed E-state index contributed by atoms with van der Waals surface area (Å²) in [5.74, 6) is -1.73. The third-order valence-electron chi connectivity index (χ3n) is 4.63. The first-order valence-electron chi connectivity index (χ1n) is 7.16. The molecule has 0 radical (unpaired) electrons. The highest BCUT2D eigenvalue weighted by atomic mass is 19.1. The van der Waals surface area contributed by atoms with Crippen molar-refractivity contribution in [1.29, 1.82) is 0 Å². The van der Waals surface area contributed by atoms with Gasteiger partial charge in [0.1, 0.15) is 5.82 Å². The Kier molecular flexibility index (Phi) is 4.12. The summed E-state index contributed by atoms with van der Waals surface area (Å²) in [4.78, 5) is 11.9. The largest absolute Gasteiger partial charge is 0.504 e. The normalized spacial score (nSPS) is 17.5. The molecule has 1 aromatic rings. The summed E-state index contributed by atoms with van der Waals surface area (Å²) in [6, 6.07) is 0. The van der Waals surface area contributed by atoms with Gasteiger partial charge in [-0.2, -0.15) is 0 Å². The molecule has 0 unspecified atom stereocenters. The minimum Gasteiger partial charge on any atom is -0.504 e. The van der Waals surface area contributed by atoms with E-state index in [0.29, 0.717) is 12.8 Å². The van der Waals surface area contributed by atoms with E-state index >= 15 is 0 Å². The van der Waals surface area contributed by atoms with Crippen LogP contribution in [0.1, 0.15) is 48.8 Å². The molecule has 0 atom stereocenters. The summed E-state index contributed by atoms with van der Waals surface area (Å²) in [5.41, 5.74) is -0.647. The second-order valence-electron chi connectivity index (χ2n) is 5.77. The lowest BCUT2D eigenvalue weighted by Crippen LogP contribution is -2.39. The molecule has 1 saturated carbocycles. The predicted molar refractivity (Wildman–Crippen MR) is 76.5 cm³/mol. The molecule has 1 fully saturated rings. The Morgan fingerprint density at radius 1 is 1.19 bits per heavy atom. The van der Waals surface area contributed by atoms with Gasteiger partial charge in [-0.1, -0.05) is 19.3 Å². The highest BCUT2D eigenvalue weighted by Crippen LogP contribution is 2.49. The van der Waals surface area contributed by atoms with E-state index in [2.05, 4.69) is 0 Å². The minimum absolute atomic E-state index is 0.0271. The average molecular weight is 296 g/mol. The predicted octanol–water partition coefficient (Wildman–Crippen LogP) is 3.44. The Morgan fingerprint density at radius 3 is 2.24 bits per heavy atom. The van der Waals surface area contributed by atoms with Gasteiger partial charge >= 0.3 is 5.97 Å².